The predicted octanol–water partition coefficient (Wildman–Crippen LogP) is 7.05. The summed E-state index contributed by atoms with van der Waals surface area (Å²) in [6.07, 6.45) is 5.23. The molecule has 4 aromatic rings. The van der Waals surface area contributed by atoms with Crippen molar-refractivity contribution in [2.75, 3.05) is 5.32 Å². The minimum absolute atomic E-state index is 0.0279. The maximum Gasteiger partial charge on any atom is 0.251 e. The van der Waals surface area contributed by atoms with E-state index in [0.29, 0.717) is 16.1 Å². The van der Waals surface area contributed by atoms with Gasteiger partial charge in [-0.05, 0) is 86.2 Å². The molecule has 0 bridgehead atoms. The Hall–Kier alpha value is -3.77. The number of amides is 1. The van der Waals surface area contributed by atoms with E-state index in [9.17, 15) is 14.0 Å². The van der Waals surface area contributed by atoms with E-state index in [1.165, 1.54) is 19.1 Å². The highest BCUT2D eigenvalue weighted by Crippen LogP contribution is 2.29. The second kappa shape index (κ2) is 10.7. The van der Waals surface area contributed by atoms with Crippen molar-refractivity contribution < 1.29 is 14.0 Å². The van der Waals surface area contributed by atoms with Crippen LogP contribution >= 0.6 is 11.6 Å². The van der Waals surface area contributed by atoms with E-state index in [4.69, 9.17) is 11.6 Å². The lowest BCUT2D eigenvalue weighted by atomic mass is 9.90. The first-order valence-corrected chi connectivity index (χ1v) is 12.8. The first-order valence-electron chi connectivity index (χ1n) is 12.4. The fourth-order valence-electron chi connectivity index (χ4n) is 4.90. The summed E-state index contributed by atoms with van der Waals surface area (Å²) in [5, 5.41) is 8.39. The van der Waals surface area contributed by atoms with Gasteiger partial charge in [0.1, 0.15) is 5.82 Å². The van der Waals surface area contributed by atoms with Crippen LogP contribution in [0.2, 0.25) is 5.02 Å². The van der Waals surface area contributed by atoms with Crippen LogP contribution in [-0.4, -0.2) is 28.8 Å². The number of nitrogens with one attached hydrogen (secondary N) is 2. The lowest BCUT2D eigenvalue weighted by molar-refractivity contribution is 0.0925. The smallest absolute Gasteiger partial charge is 0.251 e. The van der Waals surface area contributed by atoms with Gasteiger partial charge in [-0.3, -0.25) is 14.6 Å². The molecule has 1 fully saturated rings. The van der Waals surface area contributed by atoms with Gasteiger partial charge in [0.05, 0.1) is 5.52 Å². The molecule has 37 heavy (non-hydrogen) atoms. The zero-order valence-electron chi connectivity index (χ0n) is 20.4. The summed E-state index contributed by atoms with van der Waals surface area (Å²) in [6.45, 7) is 1.50. The highest BCUT2D eigenvalue weighted by molar-refractivity contribution is 6.31. The Morgan fingerprint density at radius 1 is 0.865 bits per heavy atom. The molecule has 0 radical (unpaired) electrons. The van der Waals surface area contributed by atoms with E-state index in [-0.39, 0.29) is 29.3 Å². The molecule has 1 aromatic heterocycles. The Bertz CT molecular complexity index is 1460. The number of rotatable bonds is 6. The minimum atomic E-state index is -0.475. The van der Waals surface area contributed by atoms with Crippen molar-refractivity contribution >= 4 is 39.9 Å². The van der Waals surface area contributed by atoms with Crippen molar-refractivity contribution in [2.45, 2.75) is 44.7 Å². The van der Waals surface area contributed by atoms with E-state index in [1.807, 2.05) is 24.3 Å². The number of aromatic nitrogens is 1. The number of nitrogens with zero attached hydrogens (tertiary/aromatic N) is 1. The van der Waals surface area contributed by atoms with Gasteiger partial charge in [-0.25, -0.2) is 4.39 Å². The Morgan fingerprint density at radius 3 is 2.32 bits per heavy atom. The van der Waals surface area contributed by atoms with Crippen molar-refractivity contribution in [1.82, 2.24) is 10.3 Å². The van der Waals surface area contributed by atoms with E-state index >= 15 is 0 Å². The quantitative estimate of drug-likeness (QED) is 0.270. The number of anilines is 1. The molecule has 0 saturated heterocycles. The molecule has 1 heterocycles. The number of hydrogen-bond donors (Lipinski definition) is 2. The summed E-state index contributed by atoms with van der Waals surface area (Å²) in [6, 6.07) is 19.3. The molecule has 1 saturated carbocycles. The first-order chi connectivity index (χ1) is 17.9. The van der Waals surface area contributed by atoms with E-state index in [0.717, 1.165) is 47.8 Å². The zero-order chi connectivity index (χ0) is 25.9. The maximum absolute atomic E-state index is 14.4. The average molecular weight is 516 g/mol. The van der Waals surface area contributed by atoms with E-state index < -0.39 is 5.82 Å². The fraction of sp³-hybridized carbons (Fsp3) is 0.233. The van der Waals surface area contributed by atoms with E-state index in [1.54, 1.807) is 36.5 Å². The maximum atomic E-state index is 14.4. The molecule has 188 valence electrons. The Balaban J connectivity index is 1.21. The van der Waals surface area contributed by atoms with Gasteiger partial charge in [0.2, 0.25) is 0 Å². The van der Waals surface area contributed by atoms with Crippen molar-refractivity contribution in [2.24, 2.45) is 0 Å². The van der Waals surface area contributed by atoms with Crippen LogP contribution in [0.25, 0.3) is 22.0 Å². The predicted molar refractivity (Wildman–Crippen MR) is 146 cm³/mol. The van der Waals surface area contributed by atoms with Crippen LogP contribution in [0.4, 0.5) is 10.1 Å². The van der Waals surface area contributed by atoms with E-state index in [2.05, 4.69) is 15.6 Å². The number of hydrogen-bond acceptors (Lipinski definition) is 4. The Morgan fingerprint density at radius 2 is 1.59 bits per heavy atom. The molecule has 1 amide bonds. The first kappa shape index (κ1) is 24.9. The summed E-state index contributed by atoms with van der Waals surface area (Å²) >= 11 is 6.10. The van der Waals surface area contributed by atoms with Gasteiger partial charge in [0.25, 0.3) is 5.91 Å². The molecule has 0 spiro atoms. The molecular formula is C30H27ClFN3O2. The molecule has 5 rings (SSSR count). The summed E-state index contributed by atoms with van der Waals surface area (Å²) in [5.41, 5.74) is 4.09. The highest BCUT2D eigenvalue weighted by atomic mass is 35.5. The number of benzene rings is 3. The third-order valence-electron chi connectivity index (χ3n) is 6.91. The van der Waals surface area contributed by atoms with Gasteiger partial charge in [0.15, 0.2) is 5.78 Å². The van der Waals surface area contributed by atoms with Crippen LogP contribution in [0.15, 0.2) is 72.9 Å². The molecule has 5 nitrogen and oxygen atoms in total. The topological polar surface area (TPSA) is 71.1 Å². The van der Waals surface area contributed by atoms with Crippen LogP contribution in [0.1, 0.15) is 53.3 Å². The van der Waals surface area contributed by atoms with Crippen molar-refractivity contribution in [3.63, 3.8) is 0 Å². The molecule has 0 atom stereocenters. The summed E-state index contributed by atoms with van der Waals surface area (Å²) in [4.78, 5) is 28.9. The number of halogens is 2. The van der Waals surface area contributed by atoms with Crippen molar-refractivity contribution in [3.05, 3.63) is 94.9 Å². The van der Waals surface area contributed by atoms with Crippen LogP contribution in [0.5, 0.6) is 0 Å². The molecule has 2 N–H and O–H groups in total. The SMILES string of the molecule is CC(=O)c1ccc(-c2cc(F)cc(C(=O)NC3CCC(Nc4ccnc5cc(Cl)ccc45)CC3)c2)cc1. The number of ketones is 1. The highest BCUT2D eigenvalue weighted by Gasteiger charge is 2.23. The Labute approximate surface area is 220 Å². The number of carbonyl (C=O) groups is 2. The molecule has 3 aromatic carbocycles. The number of fused-ring (bicyclic) bond motifs is 1. The normalized spacial score (nSPS) is 17.4. The van der Waals surface area contributed by atoms with Crippen molar-refractivity contribution in [3.8, 4) is 11.1 Å². The molecular weight excluding hydrogens is 489 g/mol. The molecule has 7 heteroatoms. The number of carbonyl (C=O) groups excluding carboxylic acids is 2. The summed E-state index contributed by atoms with van der Waals surface area (Å²) in [7, 11) is 0. The van der Waals surface area contributed by atoms with Crippen LogP contribution in [0.3, 0.4) is 0 Å². The lowest BCUT2D eigenvalue weighted by Gasteiger charge is -2.30. The van der Waals surface area contributed by atoms with Gasteiger partial charge >= 0.3 is 0 Å². The molecule has 0 aliphatic heterocycles. The number of Topliss-reactive ketones (excluding diaryl/α,β-unsaturated/α-hetero) is 1. The largest absolute Gasteiger partial charge is 0.382 e. The molecule has 0 unspecified atom stereocenters. The van der Waals surface area contributed by atoms with Crippen molar-refractivity contribution in [1.29, 1.82) is 0 Å². The third kappa shape index (κ3) is 5.81. The Kier molecular flexibility index (Phi) is 7.19. The molecule has 1 aliphatic carbocycles. The van der Waals surface area contributed by atoms with Gasteiger partial charge in [-0.1, -0.05) is 35.9 Å². The van der Waals surface area contributed by atoms with Crippen LogP contribution in [0, 0.1) is 5.82 Å². The standard InChI is InChI=1S/C30H27ClFN3O2/c1-18(36)19-2-4-20(5-3-19)21-14-22(16-24(32)15-21)30(37)35-26-9-7-25(8-10-26)34-28-12-13-33-29-17-23(31)6-11-27(28)29/h2-6,11-17,25-26H,7-10H2,1H3,(H,33,34)(H,35,37). The third-order valence-corrected chi connectivity index (χ3v) is 7.15. The monoisotopic (exact) mass is 515 g/mol. The van der Waals surface area contributed by atoms with Crippen LogP contribution in [-0.2, 0) is 0 Å². The fourth-order valence-corrected chi connectivity index (χ4v) is 5.07. The second-order valence-corrected chi connectivity index (χ2v) is 9.98. The van der Waals surface area contributed by atoms with Gasteiger partial charge < -0.3 is 10.6 Å². The van der Waals surface area contributed by atoms with Gasteiger partial charge in [0, 0.05) is 45.5 Å². The van der Waals surface area contributed by atoms with Crippen LogP contribution < -0.4 is 10.6 Å². The van der Waals surface area contributed by atoms with Gasteiger partial charge in [-0.2, -0.15) is 0 Å². The molecule has 1 aliphatic rings. The average Bonchev–Trinajstić information content (AvgIpc) is 2.89. The lowest BCUT2D eigenvalue weighted by Crippen LogP contribution is -2.40. The van der Waals surface area contributed by atoms with Gasteiger partial charge in [-0.15, -0.1) is 0 Å². The minimum Gasteiger partial charge on any atom is -0.382 e. The summed E-state index contributed by atoms with van der Waals surface area (Å²) < 4.78 is 14.4. The zero-order valence-corrected chi connectivity index (χ0v) is 21.2. The number of pyridine rings is 1. The summed E-state index contributed by atoms with van der Waals surface area (Å²) in [5.74, 6) is -0.790. The second-order valence-electron chi connectivity index (χ2n) is 9.55.